The standard InChI is InChI=1S/C11H8N6O3S2/c12-4-6-3-7(17(19)20)1-2-8(6)14-9(18)5-21-11-16-15-10(13)22-11/h1-3H,5H2,(H2,13,15)(H,14,18). The van der Waals surface area contributed by atoms with E-state index in [1.165, 1.54) is 12.1 Å². The minimum Gasteiger partial charge on any atom is -0.374 e. The first kappa shape index (κ1) is 15.7. The van der Waals surface area contributed by atoms with Gasteiger partial charge in [-0.1, -0.05) is 23.1 Å². The van der Waals surface area contributed by atoms with E-state index in [2.05, 4.69) is 15.5 Å². The van der Waals surface area contributed by atoms with Gasteiger partial charge in [0.1, 0.15) is 6.07 Å². The molecular weight excluding hydrogens is 328 g/mol. The topological polar surface area (TPSA) is 148 Å². The third-order valence-electron chi connectivity index (χ3n) is 2.36. The molecule has 11 heteroatoms. The van der Waals surface area contributed by atoms with Gasteiger partial charge in [0.15, 0.2) is 4.34 Å². The van der Waals surface area contributed by atoms with Crippen molar-refractivity contribution >= 4 is 45.5 Å². The number of nitrogen functional groups attached to an aromatic ring is 1. The smallest absolute Gasteiger partial charge is 0.270 e. The molecule has 0 saturated heterocycles. The van der Waals surface area contributed by atoms with Gasteiger partial charge in [-0.25, -0.2) is 0 Å². The van der Waals surface area contributed by atoms with Gasteiger partial charge in [-0.3, -0.25) is 14.9 Å². The van der Waals surface area contributed by atoms with Gasteiger partial charge in [-0.05, 0) is 6.07 Å². The highest BCUT2D eigenvalue weighted by Crippen LogP contribution is 2.25. The molecule has 0 saturated carbocycles. The van der Waals surface area contributed by atoms with Gasteiger partial charge in [0.25, 0.3) is 5.69 Å². The number of nitro groups is 1. The summed E-state index contributed by atoms with van der Waals surface area (Å²) in [5.41, 5.74) is 5.45. The number of anilines is 2. The molecule has 22 heavy (non-hydrogen) atoms. The average Bonchev–Trinajstić information content (AvgIpc) is 2.91. The fraction of sp³-hybridized carbons (Fsp3) is 0.0909. The Hall–Kier alpha value is -2.71. The maximum Gasteiger partial charge on any atom is 0.270 e. The van der Waals surface area contributed by atoms with E-state index >= 15 is 0 Å². The second-order valence-electron chi connectivity index (χ2n) is 3.84. The van der Waals surface area contributed by atoms with E-state index in [-0.39, 0.29) is 28.6 Å². The predicted octanol–water partition coefficient (Wildman–Crippen LogP) is 1.63. The molecule has 1 aromatic heterocycles. The Bertz CT molecular complexity index is 769. The molecule has 9 nitrogen and oxygen atoms in total. The number of amides is 1. The van der Waals surface area contributed by atoms with E-state index < -0.39 is 4.92 Å². The number of nitro benzene ring substituents is 1. The molecule has 0 bridgehead atoms. The number of nitrogens with two attached hydrogens (primary N) is 1. The fourth-order valence-electron chi connectivity index (χ4n) is 1.44. The number of nitrogens with zero attached hydrogens (tertiary/aromatic N) is 4. The molecule has 1 heterocycles. The van der Waals surface area contributed by atoms with E-state index in [1.54, 1.807) is 0 Å². The summed E-state index contributed by atoms with van der Waals surface area (Å²) in [7, 11) is 0. The zero-order valence-corrected chi connectivity index (χ0v) is 12.5. The molecule has 112 valence electrons. The van der Waals surface area contributed by atoms with Gasteiger partial charge in [0.2, 0.25) is 11.0 Å². The maximum absolute atomic E-state index is 11.8. The second kappa shape index (κ2) is 6.83. The summed E-state index contributed by atoms with van der Waals surface area (Å²) in [4.78, 5) is 21.9. The Kier molecular flexibility index (Phi) is 4.87. The third-order valence-corrected chi connectivity index (χ3v) is 4.24. The van der Waals surface area contributed by atoms with Crippen molar-refractivity contribution in [3.63, 3.8) is 0 Å². The van der Waals surface area contributed by atoms with E-state index in [1.807, 2.05) is 6.07 Å². The quantitative estimate of drug-likeness (QED) is 0.475. The summed E-state index contributed by atoms with van der Waals surface area (Å²) in [5.74, 6) is -0.319. The number of hydrogen-bond acceptors (Lipinski definition) is 9. The van der Waals surface area contributed by atoms with Gasteiger partial charge in [-0.2, -0.15) is 5.26 Å². The first-order valence-corrected chi connectivity index (χ1v) is 7.50. The van der Waals surface area contributed by atoms with Crippen LogP contribution in [0.15, 0.2) is 22.5 Å². The second-order valence-corrected chi connectivity index (χ2v) is 6.07. The van der Waals surface area contributed by atoms with Crippen LogP contribution in [0.25, 0.3) is 0 Å². The largest absolute Gasteiger partial charge is 0.374 e. The molecule has 0 aliphatic carbocycles. The number of aromatic nitrogens is 2. The number of carbonyl (C=O) groups is 1. The minimum absolute atomic E-state index is 0.0210. The summed E-state index contributed by atoms with van der Waals surface area (Å²) >= 11 is 2.31. The monoisotopic (exact) mass is 336 g/mol. The lowest BCUT2D eigenvalue weighted by atomic mass is 10.1. The van der Waals surface area contributed by atoms with E-state index in [4.69, 9.17) is 11.0 Å². The Morgan fingerprint density at radius 2 is 2.32 bits per heavy atom. The molecule has 0 spiro atoms. The van der Waals surface area contributed by atoms with Crippen molar-refractivity contribution in [2.24, 2.45) is 0 Å². The van der Waals surface area contributed by atoms with Crippen LogP contribution in [0.3, 0.4) is 0 Å². The molecule has 0 aliphatic rings. The summed E-state index contributed by atoms with van der Waals surface area (Å²) in [6.45, 7) is 0. The number of nitrogens with one attached hydrogen (secondary N) is 1. The number of hydrogen-bond donors (Lipinski definition) is 2. The Morgan fingerprint density at radius 1 is 1.55 bits per heavy atom. The van der Waals surface area contributed by atoms with Crippen molar-refractivity contribution in [1.82, 2.24) is 10.2 Å². The lowest BCUT2D eigenvalue weighted by molar-refractivity contribution is -0.384. The SMILES string of the molecule is N#Cc1cc([N+](=O)[O-])ccc1NC(=O)CSc1nnc(N)s1. The highest BCUT2D eigenvalue weighted by Gasteiger charge is 2.13. The van der Waals surface area contributed by atoms with Gasteiger partial charge >= 0.3 is 0 Å². The molecule has 0 unspecified atom stereocenters. The molecule has 0 aliphatic heterocycles. The average molecular weight is 336 g/mol. The molecule has 2 aromatic rings. The van der Waals surface area contributed by atoms with Crippen LogP contribution in [0.1, 0.15) is 5.56 Å². The molecule has 2 rings (SSSR count). The van der Waals surface area contributed by atoms with Crippen LogP contribution in [-0.4, -0.2) is 26.8 Å². The van der Waals surface area contributed by atoms with Crippen LogP contribution in [0.2, 0.25) is 0 Å². The van der Waals surface area contributed by atoms with Crippen molar-refractivity contribution in [2.45, 2.75) is 4.34 Å². The molecule has 1 amide bonds. The van der Waals surface area contributed by atoms with Gasteiger partial charge < -0.3 is 11.1 Å². The zero-order valence-electron chi connectivity index (χ0n) is 10.8. The summed E-state index contributed by atoms with van der Waals surface area (Å²) < 4.78 is 0.553. The van der Waals surface area contributed by atoms with Gasteiger partial charge in [0.05, 0.1) is 21.9 Å². The predicted molar refractivity (Wildman–Crippen MR) is 81.5 cm³/mol. The molecule has 3 N–H and O–H groups in total. The maximum atomic E-state index is 11.8. The lowest BCUT2D eigenvalue weighted by Crippen LogP contribution is -2.15. The number of rotatable bonds is 5. The molecule has 0 fully saturated rings. The van der Waals surface area contributed by atoms with Crippen LogP contribution in [0.4, 0.5) is 16.5 Å². The van der Waals surface area contributed by atoms with Crippen molar-refractivity contribution in [3.05, 3.63) is 33.9 Å². The summed E-state index contributed by atoms with van der Waals surface area (Å²) in [6, 6.07) is 5.45. The van der Waals surface area contributed by atoms with Crippen LogP contribution < -0.4 is 11.1 Å². The molecule has 0 radical (unpaired) electrons. The first-order chi connectivity index (χ1) is 10.5. The van der Waals surface area contributed by atoms with Gasteiger partial charge in [0, 0.05) is 12.1 Å². The highest BCUT2D eigenvalue weighted by molar-refractivity contribution is 8.01. The van der Waals surface area contributed by atoms with E-state index in [9.17, 15) is 14.9 Å². The Labute approximate surface area is 132 Å². The summed E-state index contributed by atoms with van der Waals surface area (Å²) in [5, 5.41) is 29.8. The fourth-order valence-corrected chi connectivity index (χ4v) is 2.88. The third kappa shape index (κ3) is 3.90. The van der Waals surface area contributed by atoms with Crippen molar-refractivity contribution in [3.8, 4) is 6.07 Å². The first-order valence-electron chi connectivity index (χ1n) is 5.70. The molecular formula is C11H8N6O3S2. The minimum atomic E-state index is -0.609. The Morgan fingerprint density at radius 3 is 2.91 bits per heavy atom. The number of nitriles is 1. The molecule has 1 aromatic carbocycles. The van der Waals surface area contributed by atoms with Crippen molar-refractivity contribution in [1.29, 1.82) is 5.26 Å². The highest BCUT2D eigenvalue weighted by atomic mass is 32.2. The van der Waals surface area contributed by atoms with Gasteiger partial charge in [-0.15, -0.1) is 10.2 Å². The number of benzene rings is 1. The summed E-state index contributed by atoms with van der Waals surface area (Å²) in [6.07, 6.45) is 0. The number of carbonyl (C=O) groups excluding carboxylic acids is 1. The van der Waals surface area contributed by atoms with Crippen LogP contribution in [0.5, 0.6) is 0 Å². The van der Waals surface area contributed by atoms with Crippen LogP contribution in [-0.2, 0) is 4.79 Å². The molecule has 0 atom stereocenters. The van der Waals surface area contributed by atoms with Crippen molar-refractivity contribution in [2.75, 3.05) is 16.8 Å². The van der Waals surface area contributed by atoms with Crippen LogP contribution >= 0.6 is 23.1 Å². The lowest BCUT2D eigenvalue weighted by Gasteiger charge is -2.06. The van der Waals surface area contributed by atoms with E-state index in [0.29, 0.717) is 9.47 Å². The number of thioether (sulfide) groups is 1. The normalized spacial score (nSPS) is 9.95. The Balaban J connectivity index is 2.02. The number of non-ortho nitro benzene ring substituents is 1. The van der Waals surface area contributed by atoms with E-state index in [0.717, 1.165) is 29.2 Å². The zero-order chi connectivity index (χ0) is 16.1. The van der Waals surface area contributed by atoms with Crippen molar-refractivity contribution < 1.29 is 9.72 Å². The van der Waals surface area contributed by atoms with Crippen LogP contribution in [0, 0.1) is 21.4 Å².